The third-order valence-electron chi connectivity index (χ3n) is 5.50. The van der Waals surface area contributed by atoms with Gasteiger partial charge in [-0.2, -0.15) is 0 Å². The van der Waals surface area contributed by atoms with Crippen LogP contribution < -0.4 is 10.2 Å². The molecule has 2 amide bonds. The predicted molar refractivity (Wildman–Crippen MR) is 104 cm³/mol. The van der Waals surface area contributed by atoms with Crippen LogP contribution >= 0.6 is 0 Å². The number of hydrogen-bond donors (Lipinski definition) is 1. The Morgan fingerprint density at radius 1 is 1.08 bits per heavy atom. The molecule has 2 heterocycles. The number of anilines is 2. The smallest absolute Gasteiger partial charge is 0.224 e. The number of amides is 2. The number of rotatable bonds is 6. The lowest BCUT2D eigenvalue weighted by molar-refractivity contribution is -0.134. The van der Waals surface area contributed by atoms with E-state index >= 15 is 0 Å². The summed E-state index contributed by atoms with van der Waals surface area (Å²) < 4.78 is 0. The Balaban J connectivity index is 1.39. The Morgan fingerprint density at radius 2 is 1.73 bits per heavy atom. The maximum atomic E-state index is 12.2. The zero-order chi connectivity index (χ0) is 18.4. The quantitative estimate of drug-likeness (QED) is 0.791. The molecule has 2 saturated heterocycles. The SMILES string of the molecule is CC1CCN(c2ccc(NCCC(=O)N3CCN(C=O)CC3)cc2)CC1. The van der Waals surface area contributed by atoms with Crippen molar-refractivity contribution in [2.24, 2.45) is 5.92 Å². The summed E-state index contributed by atoms with van der Waals surface area (Å²) in [5, 5.41) is 3.34. The molecule has 0 aliphatic carbocycles. The fraction of sp³-hybridized carbons (Fsp3) is 0.600. The number of hydrogen-bond acceptors (Lipinski definition) is 4. The van der Waals surface area contributed by atoms with E-state index in [1.165, 1.54) is 18.5 Å². The summed E-state index contributed by atoms with van der Waals surface area (Å²) >= 11 is 0. The topological polar surface area (TPSA) is 55.9 Å². The first-order valence-electron chi connectivity index (χ1n) is 9.71. The highest BCUT2D eigenvalue weighted by molar-refractivity contribution is 5.77. The van der Waals surface area contributed by atoms with Crippen LogP contribution in [-0.2, 0) is 9.59 Å². The van der Waals surface area contributed by atoms with Crippen molar-refractivity contribution in [2.45, 2.75) is 26.2 Å². The van der Waals surface area contributed by atoms with E-state index in [1.807, 2.05) is 4.90 Å². The van der Waals surface area contributed by atoms with Gasteiger partial charge in [-0.1, -0.05) is 6.92 Å². The predicted octanol–water partition coefficient (Wildman–Crippen LogP) is 2.03. The molecule has 1 aromatic rings. The number of carbonyl (C=O) groups is 2. The van der Waals surface area contributed by atoms with Crippen molar-refractivity contribution in [3.05, 3.63) is 24.3 Å². The molecule has 2 aliphatic heterocycles. The molecule has 26 heavy (non-hydrogen) atoms. The van der Waals surface area contributed by atoms with Gasteiger partial charge in [0.1, 0.15) is 0 Å². The molecule has 142 valence electrons. The van der Waals surface area contributed by atoms with Gasteiger partial charge in [-0.15, -0.1) is 0 Å². The van der Waals surface area contributed by atoms with Crippen LogP contribution in [0, 0.1) is 5.92 Å². The molecule has 2 fully saturated rings. The monoisotopic (exact) mass is 358 g/mol. The van der Waals surface area contributed by atoms with Gasteiger partial charge in [0.2, 0.25) is 12.3 Å². The van der Waals surface area contributed by atoms with E-state index in [4.69, 9.17) is 0 Å². The highest BCUT2D eigenvalue weighted by Gasteiger charge is 2.19. The van der Waals surface area contributed by atoms with Crippen LogP contribution in [0.2, 0.25) is 0 Å². The molecule has 1 aromatic carbocycles. The Bertz CT molecular complexity index is 588. The summed E-state index contributed by atoms with van der Waals surface area (Å²) in [5.74, 6) is 0.994. The second kappa shape index (κ2) is 8.92. The van der Waals surface area contributed by atoms with E-state index in [1.54, 1.807) is 4.90 Å². The number of nitrogens with zero attached hydrogens (tertiary/aromatic N) is 3. The summed E-state index contributed by atoms with van der Waals surface area (Å²) in [6.45, 7) is 7.79. The van der Waals surface area contributed by atoms with E-state index < -0.39 is 0 Å². The minimum atomic E-state index is 0.155. The zero-order valence-corrected chi connectivity index (χ0v) is 15.7. The van der Waals surface area contributed by atoms with Crippen molar-refractivity contribution >= 4 is 23.7 Å². The molecular formula is C20H30N4O2. The van der Waals surface area contributed by atoms with Gasteiger partial charge in [0.25, 0.3) is 0 Å². The number of carbonyl (C=O) groups excluding carboxylic acids is 2. The van der Waals surface area contributed by atoms with E-state index in [0.29, 0.717) is 39.1 Å². The summed E-state index contributed by atoms with van der Waals surface area (Å²) in [6.07, 6.45) is 3.87. The second-order valence-corrected chi connectivity index (χ2v) is 7.42. The fourth-order valence-electron chi connectivity index (χ4n) is 3.61. The van der Waals surface area contributed by atoms with Gasteiger partial charge in [-0.25, -0.2) is 0 Å². The fourth-order valence-corrected chi connectivity index (χ4v) is 3.61. The molecule has 1 N–H and O–H groups in total. The van der Waals surface area contributed by atoms with E-state index in [-0.39, 0.29) is 5.91 Å². The lowest BCUT2D eigenvalue weighted by atomic mass is 9.99. The average Bonchev–Trinajstić information content (AvgIpc) is 2.69. The van der Waals surface area contributed by atoms with Crippen molar-refractivity contribution < 1.29 is 9.59 Å². The van der Waals surface area contributed by atoms with Gasteiger partial charge < -0.3 is 20.0 Å². The molecule has 0 unspecified atom stereocenters. The molecule has 0 spiro atoms. The Morgan fingerprint density at radius 3 is 2.35 bits per heavy atom. The maximum absolute atomic E-state index is 12.2. The first kappa shape index (κ1) is 18.5. The molecule has 0 atom stereocenters. The highest BCUT2D eigenvalue weighted by Crippen LogP contribution is 2.24. The number of nitrogens with one attached hydrogen (secondary N) is 1. The summed E-state index contributed by atoms with van der Waals surface area (Å²) in [4.78, 5) is 29.0. The molecule has 3 rings (SSSR count). The van der Waals surface area contributed by atoms with Gasteiger partial charge in [-0.3, -0.25) is 9.59 Å². The summed E-state index contributed by atoms with van der Waals surface area (Å²) in [6, 6.07) is 8.53. The average molecular weight is 358 g/mol. The van der Waals surface area contributed by atoms with Crippen LogP contribution in [0.15, 0.2) is 24.3 Å². The van der Waals surface area contributed by atoms with Gasteiger partial charge in [0.05, 0.1) is 0 Å². The van der Waals surface area contributed by atoms with E-state index in [2.05, 4.69) is 41.4 Å². The van der Waals surface area contributed by atoms with Gasteiger partial charge in [-0.05, 0) is 43.0 Å². The van der Waals surface area contributed by atoms with Gasteiger partial charge in [0.15, 0.2) is 0 Å². The van der Waals surface area contributed by atoms with Gasteiger partial charge in [0, 0.05) is 63.6 Å². The van der Waals surface area contributed by atoms with Crippen LogP contribution in [0.1, 0.15) is 26.2 Å². The molecule has 0 bridgehead atoms. The van der Waals surface area contributed by atoms with Crippen LogP contribution in [0.25, 0.3) is 0 Å². The minimum absolute atomic E-state index is 0.155. The number of benzene rings is 1. The van der Waals surface area contributed by atoms with Gasteiger partial charge >= 0.3 is 0 Å². The molecule has 6 nitrogen and oxygen atoms in total. The number of piperazine rings is 1. The normalized spacial score (nSPS) is 18.7. The molecule has 6 heteroatoms. The third kappa shape index (κ3) is 4.90. The van der Waals surface area contributed by atoms with Crippen molar-refractivity contribution in [3.63, 3.8) is 0 Å². The zero-order valence-electron chi connectivity index (χ0n) is 15.7. The highest BCUT2D eigenvalue weighted by atomic mass is 16.2. The van der Waals surface area contributed by atoms with Crippen LogP contribution in [0.4, 0.5) is 11.4 Å². The van der Waals surface area contributed by atoms with Crippen molar-refractivity contribution in [2.75, 3.05) is 56.0 Å². The van der Waals surface area contributed by atoms with Crippen LogP contribution in [-0.4, -0.2) is 67.9 Å². The van der Waals surface area contributed by atoms with Crippen LogP contribution in [0.5, 0.6) is 0 Å². The Kier molecular flexibility index (Phi) is 6.36. The molecule has 0 saturated carbocycles. The third-order valence-corrected chi connectivity index (χ3v) is 5.50. The minimum Gasteiger partial charge on any atom is -0.385 e. The second-order valence-electron chi connectivity index (χ2n) is 7.42. The van der Waals surface area contributed by atoms with E-state index in [9.17, 15) is 9.59 Å². The lowest BCUT2D eigenvalue weighted by Gasteiger charge is -2.32. The maximum Gasteiger partial charge on any atom is 0.224 e. The first-order chi connectivity index (χ1) is 12.7. The van der Waals surface area contributed by atoms with Crippen molar-refractivity contribution in [3.8, 4) is 0 Å². The molecule has 0 aromatic heterocycles. The molecular weight excluding hydrogens is 328 g/mol. The Labute approximate surface area is 156 Å². The van der Waals surface area contributed by atoms with Crippen molar-refractivity contribution in [1.29, 1.82) is 0 Å². The largest absolute Gasteiger partial charge is 0.385 e. The standard InChI is InChI=1S/C20H30N4O2/c1-17-7-10-23(11-8-17)19-4-2-18(3-5-19)21-9-6-20(26)24-14-12-22(16-25)13-15-24/h2-5,16-17,21H,6-15H2,1H3. The molecule has 0 radical (unpaired) electrons. The summed E-state index contributed by atoms with van der Waals surface area (Å²) in [7, 11) is 0. The molecule has 2 aliphatic rings. The Hall–Kier alpha value is -2.24. The van der Waals surface area contributed by atoms with E-state index in [0.717, 1.165) is 31.1 Å². The summed E-state index contributed by atoms with van der Waals surface area (Å²) in [5.41, 5.74) is 2.34. The van der Waals surface area contributed by atoms with Crippen molar-refractivity contribution in [1.82, 2.24) is 9.80 Å². The lowest BCUT2D eigenvalue weighted by Crippen LogP contribution is -2.48. The first-order valence-corrected chi connectivity index (χ1v) is 9.71. The number of piperidine rings is 1. The van der Waals surface area contributed by atoms with Crippen LogP contribution in [0.3, 0.4) is 0 Å².